The van der Waals surface area contributed by atoms with Crippen molar-refractivity contribution in [1.82, 2.24) is 4.57 Å². The molecule has 0 saturated heterocycles. The fraction of sp³-hybridized carbons (Fsp3) is 0.159. The average molecular weight is 675 g/mol. The van der Waals surface area contributed by atoms with Gasteiger partial charge in [0.2, 0.25) is 0 Å². The molecule has 0 amide bonds. The summed E-state index contributed by atoms with van der Waals surface area (Å²) in [4.78, 5) is 31.9. The lowest BCUT2D eigenvalue weighted by atomic mass is 9.89. The summed E-state index contributed by atoms with van der Waals surface area (Å²) >= 11 is 0. The first-order chi connectivity index (χ1) is 24.8. The number of hydrogen-bond acceptors (Lipinski definition) is 6. The molecule has 7 rings (SSSR count). The van der Waals surface area contributed by atoms with Crippen LogP contribution in [0.5, 0.6) is 5.75 Å². The SMILES string of the molecule is CC(=O)O/N=C(\c1ccc2c(c1)c1cc(C(=O)c3c(C)cc(C)cc3C)c3ccccc3c1n2-c1ccccc1)c1ccccc1OCCCO. The molecule has 0 aliphatic rings. The molecule has 0 unspecified atom stereocenters. The summed E-state index contributed by atoms with van der Waals surface area (Å²) < 4.78 is 8.28. The molecule has 0 aliphatic heterocycles. The summed E-state index contributed by atoms with van der Waals surface area (Å²) in [7, 11) is 0. The van der Waals surface area contributed by atoms with Gasteiger partial charge in [0.15, 0.2) is 5.78 Å². The molecule has 1 heterocycles. The van der Waals surface area contributed by atoms with Gasteiger partial charge in [0.05, 0.1) is 17.6 Å². The first-order valence-electron chi connectivity index (χ1n) is 17.0. The lowest BCUT2D eigenvalue weighted by Gasteiger charge is -2.14. The maximum Gasteiger partial charge on any atom is 0.332 e. The molecule has 0 fully saturated rings. The van der Waals surface area contributed by atoms with Crippen LogP contribution in [0.2, 0.25) is 0 Å². The molecular weight excluding hydrogens is 636 g/mol. The van der Waals surface area contributed by atoms with Crippen LogP contribution in [-0.4, -0.2) is 40.4 Å². The highest BCUT2D eigenvalue weighted by molar-refractivity contribution is 6.27. The van der Waals surface area contributed by atoms with Crippen molar-refractivity contribution in [1.29, 1.82) is 0 Å². The van der Waals surface area contributed by atoms with Gasteiger partial charge in [-0.1, -0.05) is 83.5 Å². The van der Waals surface area contributed by atoms with Gasteiger partial charge in [0.25, 0.3) is 0 Å². The van der Waals surface area contributed by atoms with Crippen molar-refractivity contribution in [2.75, 3.05) is 13.2 Å². The Morgan fingerprint density at radius 1 is 0.725 bits per heavy atom. The molecule has 7 aromatic rings. The van der Waals surface area contributed by atoms with E-state index in [2.05, 4.69) is 40.1 Å². The van der Waals surface area contributed by atoms with Crippen LogP contribution in [-0.2, 0) is 9.63 Å². The Hall–Kier alpha value is -6.05. The van der Waals surface area contributed by atoms with Gasteiger partial charge in [-0.3, -0.25) is 4.79 Å². The summed E-state index contributed by atoms with van der Waals surface area (Å²) in [6.07, 6.45) is 0.465. The Bertz CT molecular complexity index is 2470. The van der Waals surface area contributed by atoms with Crippen molar-refractivity contribution in [2.45, 2.75) is 34.1 Å². The Morgan fingerprint density at radius 3 is 2.14 bits per heavy atom. The first-order valence-corrected chi connectivity index (χ1v) is 17.0. The molecule has 7 heteroatoms. The third kappa shape index (κ3) is 6.28. The number of ether oxygens (including phenoxy) is 1. The van der Waals surface area contributed by atoms with Gasteiger partial charge in [-0.25, -0.2) is 4.79 Å². The number of hydrogen-bond donors (Lipinski definition) is 1. The van der Waals surface area contributed by atoms with Crippen molar-refractivity contribution >= 4 is 50.0 Å². The number of rotatable bonds is 10. The maximum absolute atomic E-state index is 14.6. The summed E-state index contributed by atoms with van der Waals surface area (Å²) in [6.45, 7) is 7.66. The summed E-state index contributed by atoms with van der Waals surface area (Å²) in [6, 6.07) is 37.9. The van der Waals surface area contributed by atoms with Crippen LogP contribution in [0.3, 0.4) is 0 Å². The Labute approximate surface area is 296 Å². The number of oxime groups is 1. The van der Waals surface area contributed by atoms with Gasteiger partial charge < -0.3 is 19.2 Å². The number of fused-ring (bicyclic) bond motifs is 5. The van der Waals surface area contributed by atoms with Gasteiger partial charge in [-0.15, -0.1) is 0 Å². The number of benzene rings is 6. The van der Waals surface area contributed by atoms with Crippen LogP contribution in [0.4, 0.5) is 0 Å². The minimum Gasteiger partial charge on any atom is -0.493 e. The highest BCUT2D eigenvalue weighted by Crippen LogP contribution is 2.40. The fourth-order valence-corrected chi connectivity index (χ4v) is 7.13. The van der Waals surface area contributed by atoms with Crippen LogP contribution in [0, 0.1) is 20.8 Å². The normalized spacial score (nSPS) is 11.7. The van der Waals surface area contributed by atoms with Crippen molar-refractivity contribution in [3.05, 3.63) is 154 Å². The van der Waals surface area contributed by atoms with E-state index in [1.165, 1.54) is 6.92 Å². The van der Waals surface area contributed by atoms with E-state index in [0.29, 0.717) is 46.7 Å². The predicted molar refractivity (Wildman–Crippen MR) is 203 cm³/mol. The molecule has 0 bridgehead atoms. The van der Waals surface area contributed by atoms with E-state index in [4.69, 9.17) is 9.57 Å². The molecule has 0 saturated carbocycles. The second-order valence-electron chi connectivity index (χ2n) is 12.8. The minimum atomic E-state index is -0.552. The van der Waals surface area contributed by atoms with Gasteiger partial charge in [-0.2, -0.15) is 0 Å². The molecular formula is C44H38N2O5. The largest absolute Gasteiger partial charge is 0.493 e. The molecule has 0 atom stereocenters. The number of aryl methyl sites for hydroxylation is 3. The fourth-order valence-electron chi connectivity index (χ4n) is 7.13. The molecule has 0 aliphatic carbocycles. The van der Waals surface area contributed by atoms with E-state index in [0.717, 1.165) is 55.0 Å². The lowest BCUT2D eigenvalue weighted by Crippen LogP contribution is -2.10. The number of ketones is 1. The van der Waals surface area contributed by atoms with Crippen LogP contribution in [0.15, 0.2) is 120 Å². The van der Waals surface area contributed by atoms with E-state index in [9.17, 15) is 14.7 Å². The predicted octanol–water partition coefficient (Wildman–Crippen LogP) is 9.17. The topological polar surface area (TPSA) is 90.1 Å². The van der Waals surface area contributed by atoms with Gasteiger partial charge in [-0.05, 0) is 79.7 Å². The molecule has 51 heavy (non-hydrogen) atoms. The number of carbonyl (C=O) groups is 2. The van der Waals surface area contributed by atoms with Gasteiger partial charge in [0.1, 0.15) is 11.5 Å². The second-order valence-corrected chi connectivity index (χ2v) is 12.8. The zero-order valence-corrected chi connectivity index (χ0v) is 29.1. The maximum atomic E-state index is 14.6. The second kappa shape index (κ2) is 14.1. The number of aliphatic hydroxyl groups excluding tert-OH is 1. The minimum absolute atomic E-state index is 0.000923. The van der Waals surface area contributed by atoms with Crippen molar-refractivity contribution in [3.8, 4) is 11.4 Å². The number of para-hydroxylation sites is 2. The van der Waals surface area contributed by atoms with E-state index in [1.54, 1.807) is 0 Å². The average Bonchev–Trinajstić information content (AvgIpc) is 3.45. The van der Waals surface area contributed by atoms with Gasteiger partial charge >= 0.3 is 5.97 Å². The van der Waals surface area contributed by atoms with E-state index in [-0.39, 0.29) is 12.4 Å². The summed E-state index contributed by atoms with van der Waals surface area (Å²) in [5, 5.41) is 17.3. The van der Waals surface area contributed by atoms with E-state index in [1.807, 2.05) is 106 Å². The third-order valence-electron chi connectivity index (χ3n) is 9.17. The molecule has 7 nitrogen and oxygen atoms in total. The number of carbonyl (C=O) groups excluding carboxylic acids is 2. The monoisotopic (exact) mass is 674 g/mol. The van der Waals surface area contributed by atoms with Crippen LogP contribution >= 0.6 is 0 Å². The molecule has 0 radical (unpaired) electrons. The Morgan fingerprint density at radius 2 is 1.41 bits per heavy atom. The molecule has 0 spiro atoms. The molecule has 1 N–H and O–H groups in total. The zero-order chi connectivity index (χ0) is 35.6. The highest BCUT2D eigenvalue weighted by atomic mass is 16.7. The summed E-state index contributed by atoms with van der Waals surface area (Å²) in [5.74, 6) is -0.0263. The number of nitrogens with zero attached hydrogens (tertiary/aromatic N) is 2. The summed E-state index contributed by atoms with van der Waals surface area (Å²) in [5.41, 5.74) is 8.99. The van der Waals surface area contributed by atoms with Crippen molar-refractivity contribution < 1.29 is 24.3 Å². The van der Waals surface area contributed by atoms with E-state index < -0.39 is 5.97 Å². The highest BCUT2D eigenvalue weighted by Gasteiger charge is 2.24. The zero-order valence-electron chi connectivity index (χ0n) is 29.1. The Balaban J connectivity index is 1.54. The van der Waals surface area contributed by atoms with Crippen LogP contribution < -0.4 is 4.74 Å². The number of aliphatic hydroxyl groups is 1. The molecule has 6 aromatic carbocycles. The standard InChI is InChI=1S/C44H38N2O5/c1-27-23-28(2)41(29(3)24-27)44(49)38-26-37-36-25-31(42(45-51-30(4)48)35-17-10-11-18-40(35)50-22-12-21-47)19-20-39(36)46(32-13-6-5-7-14-32)43(37)34-16-9-8-15-33(34)38/h5-11,13-20,23-26,47H,12,21-22H2,1-4H3/b45-42+. The molecule has 1 aromatic heterocycles. The van der Waals surface area contributed by atoms with E-state index >= 15 is 0 Å². The van der Waals surface area contributed by atoms with Crippen molar-refractivity contribution in [3.63, 3.8) is 0 Å². The van der Waals surface area contributed by atoms with Crippen LogP contribution in [0.1, 0.15) is 57.1 Å². The van der Waals surface area contributed by atoms with Crippen molar-refractivity contribution in [2.24, 2.45) is 5.16 Å². The lowest BCUT2D eigenvalue weighted by molar-refractivity contribution is -0.140. The third-order valence-corrected chi connectivity index (χ3v) is 9.17. The molecule has 254 valence electrons. The smallest absolute Gasteiger partial charge is 0.332 e. The number of aromatic nitrogens is 1. The quantitative estimate of drug-likeness (QED) is 0.0514. The van der Waals surface area contributed by atoms with Crippen LogP contribution in [0.25, 0.3) is 38.3 Å². The first kappa shape index (κ1) is 33.4. The Kier molecular flexibility index (Phi) is 9.22. The van der Waals surface area contributed by atoms with Gasteiger partial charge in [0, 0.05) is 64.1 Å².